The van der Waals surface area contributed by atoms with Crippen LogP contribution >= 0.6 is 0 Å². The van der Waals surface area contributed by atoms with Gasteiger partial charge in [0.05, 0.1) is 11.6 Å². The van der Waals surface area contributed by atoms with Crippen molar-refractivity contribution >= 4 is 5.71 Å². The van der Waals surface area contributed by atoms with E-state index < -0.39 is 0 Å². The third kappa shape index (κ3) is 3.83. The monoisotopic (exact) mass is 246 g/mol. The molecule has 0 unspecified atom stereocenters. The van der Waals surface area contributed by atoms with Gasteiger partial charge in [-0.05, 0) is 0 Å². The Morgan fingerprint density at radius 1 is 1.00 bits per heavy atom. The number of rotatable bonds is 2. The predicted molar refractivity (Wildman–Crippen MR) is 45.5 cm³/mol. The molecule has 0 spiro atoms. The van der Waals surface area contributed by atoms with Crippen LogP contribution in [0.2, 0.25) is 0 Å². The topological polar surface area (TPSA) is 240 Å². The lowest BCUT2D eigenvalue weighted by Crippen LogP contribution is -2.42. The molecule has 0 atom stereocenters. The Morgan fingerprint density at radius 3 is 1.65 bits per heavy atom. The molecule has 10 N–H and O–H groups in total. The molecular formula is C3H10N12O2. The summed E-state index contributed by atoms with van der Waals surface area (Å²) in [6.07, 6.45) is 0. The highest BCUT2D eigenvalue weighted by atomic mass is 16.4. The molecule has 14 nitrogen and oxygen atoms in total. The van der Waals surface area contributed by atoms with Crippen molar-refractivity contribution in [2.24, 2.45) is 10.9 Å². The molecule has 0 fully saturated rings. The van der Waals surface area contributed by atoms with E-state index in [1.54, 1.807) is 0 Å². The van der Waals surface area contributed by atoms with E-state index in [1.165, 1.54) is 0 Å². The van der Waals surface area contributed by atoms with Crippen LogP contribution in [0, 0.1) is 0 Å². The summed E-state index contributed by atoms with van der Waals surface area (Å²) in [6, 6.07) is 0. The largest absolute Gasteiger partial charge is 0.329 e. The van der Waals surface area contributed by atoms with Gasteiger partial charge in [-0.3, -0.25) is 20.6 Å². The third-order valence-electron chi connectivity index (χ3n) is 1.19. The summed E-state index contributed by atoms with van der Waals surface area (Å²) in [5, 5.41) is 44.0. The molecule has 0 amide bonds. The Balaban J connectivity index is 0.000000581. The fraction of sp³-hybridized carbons (Fsp3) is 0. The van der Waals surface area contributed by atoms with Gasteiger partial charge in [-0.1, -0.05) is 0 Å². The van der Waals surface area contributed by atoms with Crippen LogP contribution in [0.15, 0.2) is 5.10 Å². The minimum absolute atomic E-state index is 0.136. The number of hydrazone groups is 1. The average molecular weight is 246 g/mol. The van der Waals surface area contributed by atoms with Crippen molar-refractivity contribution in [2.75, 3.05) is 0 Å². The molecule has 2 rings (SSSR count). The molecule has 0 saturated heterocycles. The van der Waals surface area contributed by atoms with Gasteiger partial charge < -0.3 is 16.0 Å². The van der Waals surface area contributed by atoms with Crippen molar-refractivity contribution < 1.29 is 22.2 Å². The molecule has 0 bridgehead atoms. The molecular weight excluding hydrogens is 236 g/mol. The minimum atomic E-state index is 0.136. The average Bonchev–Trinajstić information content (AvgIpc) is 3.08. The maximum Gasteiger partial charge on any atom is 0.111 e. The van der Waals surface area contributed by atoms with Crippen LogP contribution in [-0.4, -0.2) is 47.2 Å². The van der Waals surface area contributed by atoms with Crippen molar-refractivity contribution in [3.63, 3.8) is 0 Å². The Morgan fingerprint density at radius 2 is 1.41 bits per heavy atom. The molecule has 94 valence electrons. The van der Waals surface area contributed by atoms with Crippen LogP contribution in [0.3, 0.4) is 0 Å². The van der Waals surface area contributed by atoms with Gasteiger partial charge in [-0.15, -0.1) is 0 Å². The SMILES string of the molecule is NN=C(c1nnn[n-]1)c1nnn[n-]1.[NH3+]O.[NH3+]O. The summed E-state index contributed by atoms with van der Waals surface area (Å²) in [5.41, 5.74) is 0.148. The van der Waals surface area contributed by atoms with E-state index in [4.69, 9.17) is 16.3 Å². The zero-order chi connectivity index (χ0) is 13.1. The third-order valence-corrected chi connectivity index (χ3v) is 1.19. The Kier molecular flexibility index (Phi) is 7.42. The van der Waals surface area contributed by atoms with Crippen molar-refractivity contribution in [2.45, 2.75) is 0 Å². The second kappa shape index (κ2) is 8.73. The molecule has 0 aliphatic rings. The summed E-state index contributed by atoms with van der Waals surface area (Å²) < 4.78 is 0. The van der Waals surface area contributed by atoms with E-state index in [2.05, 4.69) is 58.1 Å². The number of tetrazole rings is 2. The van der Waals surface area contributed by atoms with Gasteiger partial charge in [-0.2, -0.15) is 15.5 Å². The van der Waals surface area contributed by atoms with E-state index in [-0.39, 0.29) is 17.4 Å². The summed E-state index contributed by atoms with van der Waals surface area (Å²) in [4.78, 5) is 0. The van der Waals surface area contributed by atoms with Gasteiger partial charge in [-0.25, -0.2) is 22.2 Å². The van der Waals surface area contributed by atoms with Gasteiger partial charge in [0.15, 0.2) is 0 Å². The van der Waals surface area contributed by atoms with E-state index >= 15 is 0 Å². The number of hydrogen-bond donors (Lipinski definition) is 5. The second-order valence-electron chi connectivity index (χ2n) is 1.88. The highest BCUT2D eigenvalue weighted by molar-refractivity contribution is 6.07. The second-order valence-corrected chi connectivity index (χ2v) is 1.88. The first-order valence-corrected chi connectivity index (χ1v) is 3.71. The van der Waals surface area contributed by atoms with Crippen LogP contribution < -0.4 is 27.8 Å². The predicted octanol–water partition coefficient (Wildman–Crippen LogP) is -6.08. The summed E-state index contributed by atoms with van der Waals surface area (Å²) >= 11 is 0. The normalized spacial score (nSPS) is 8.24. The number of nitrogens with two attached hydrogens (primary N) is 1. The molecule has 0 aliphatic carbocycles. The zero-order valence-electron chi connectivity index (χ0n) is 8.41. The van der Waals surface area contributed by atoms with E-state index in [0.717, 1.165) is 0 Å². The quantitative estimate of drug-likeness (QED) is 0.189. The number of hydrogen-bond acceptors (Lipinski definition) is 10. The lowest BCUT2D eigenvalue weighted by atomic mass is 10.3. The summed E-state index contributed by atoms with van der Waals surface area (Å²) in [5.74, 6) is 9.84. The van der Waals surface area contributed by atoms with Gasteiger partial charge in [0.25, 0.3) is 0 Å². The number of nitrogens with zero attached hydrogens (tertiary/aromatic N) is 9. The van der Waals surface area contributed by atoms with Crippen LogP contribution in [-0.2, 0) is 0 Å². The molecule has 0 aliphatic heterocycles. The molecule has 2 aromatic heterocycles. The Hall–Kier alpha value is -2.55. The van der Waals surface area contributed by atoms with Gasteiger partial charge in [0.2, 0.25) is 0 Å². The fourth-order valence-electron chi connectivity index (χ4n) is 0.694. The van der Waals surface area contributed by atoms with Gasteiger partial charge in [0, 0.05) is 0 Å². The fourth-order valence-corrected chi connectivity index (χ4v) is 0.694. The van der Waals surface area contributed by atoms with Crippen LogP contribution in [0.25, 0.3) is 0 Å². The first-order valence-electron chi connectivity index (χ1n) is 3.71. The Labute approximate surface area is 92.8 Å². The molecule has 0 radical (unpaired) electrons. The Bertz CT molecular complexity index is 355. The first kappa shape index (κ1) is 14.5. The van der Waals surface area contributed by atoms with Crippen molar-refractivity contribution in [3.05, 3.63) is 11.6 Å². The highest BCUT2D eigenvalue weighted by Gasteiger charge is 2.02. The zero-order valence-corrected chi connectivity index (χ0v) is 8.41. The molecule has 0 aromatic carbocycles. The molecule has 17 heavy (non-hydrogen) atoms. The van der Waals surface area contributed by atoms with Crippen LogP contribution in [0.1, 0.15) is 11.6 Å². The minimum Gasteiger partial charge on any atom is -0.329 e. The molecule has 2 heterocycles. The smallest absolute Gasteiger partial charge is 0.111 e. The van der Waals surface area contributed by atoms with Gasteiger partial charge in [0.1, 0.15) is 5.71 Å². The van der Waals surface area contributed by atoms with Crippen LogP contribution in [0.5, 0.6) is 0 Å². The van der Waals surface area contributed by atoms with E-state index in [9.17, 15) is 0 Å². The van der Waals surface area contributed by atoms with E-state index in [1.807, 2.05) is 0 Å². The van der Waals surface area contributed by atoms with Crippen molar-refractivity contribution in [3.8, 4) is 0 Å². The number of aromatic nitrogens is 8. The maximum atomic E-state index is 6.75. The van der Waals surface area contributed by atoms with Crippen molar-refractivity contribution in [1.82, 2.24) is 41.2 Å². The van der Waals surface area contributed by atoms with Crippen molar-refractivity contribution in [1.29, 1.82) is 0 Å². The number of quaternary nitrogens is 2. The van der Waals surface area contributed by atoms with E-state index in [0.29, 0.717) is 0 Å². The first-order chi connectivity index (χ1) is 8.42. The van der Waals surface area contributed by atoms with Gasteiger partial charge >= 0.3 is 0 Å². The standard InChI is InChI=1S/C3H2N10.2H4NO/c4-5-1(2-6-10-11-7-2)3-8-12-13-9-3;2*1-2/h4H2;2*2H,1H3/q-2;2*+1. The summed E-state index contributed by atoms with van der Waals surface area (Å²) in [7, 11) is 0. The maximum absolute atomic E-state index is 6.75. The highest BCUT2D eigenvalue weighted by Crippen LogP contribution is 1.94. The summed E-state index contributed by atoms with van der Waals surface area (Å²) in [6.45, 7) is 0. The molecule has 0 saturated carbocycles. The lowest BCUT2D eigenvalue weighted by molar-refractivity contribution is -0.670. The molecule has 14 heteroatoms. The molecule has 2 aromatic rings. The van der Waals surface area contributed by atoms with Crippen LogP contribution in [0.4, 0.5) is 0 Å². The lowest BCUT2D eigenvalue weighted by Gasteiger charge is -2.01.